The second kappa shape index (κ2) is 8.50. The standard InChI is InChI=1S/C22H23F5O/c1-2-3-14-4-6-15(7-5-14)16-8-10-17(11-9-16)18-12-19(23)21(20(24)13-18)28-22(25,26)27/h8-15H,2-7H2,1H3. The molecule has 0 unspecified atom stereocenters. The number of halogens is 5. The predicted molar refractivity (Wildman–Crippen MR) is 98.1 cm³/mol. The summed E-state index contributed by atoms with van der Waals surface area (Å²) in [5.74, 6) is -2.91. The molecule has 1 aliphatic carbocycles. The molecule has 152 valence electrons. The molecule has 0 aromatic heterocycles. The van der Waals surface area contributed by atoms with Gasteiger partial charge < -0.3 is 4.74 Å². The van der Waals surface area contributed by atoms with Crippen molar-refractivity contribution in [2.45, 2.75) is 57.7 Å². The third-order valence-electron chi connectivity index (χ3n) is 5.48. The molecule has 2 aromatic rings. The Balaban J connectivity index is 1.73. The van der Waals surface area contributed by atoms with Crippen LogP contribution in [0.3, 0.4) is 0 Å². The van der Waals surface area contributed by atoms with Crippen molar-refractivity contribution in [3.8, 4) is 16.9 Å². The van der Waals surface area contributed by atoms with Gasteiger partial charge in [0.25, 0.3) is 0 Å². The van der Waals surface area contributed by atoms with E-state index in [1.54, 1.807) is 12.1 Å². The van der Waals surface area contributed by atoms with Gasteiger partial charge >= 0.3 is 6.36 Å². The molecule has 0 aliphatic heterocycles. The van der Waals surface area contributed by atoms with E-state index in [-0.39, 0.29) is 5.56 Å². The third-order valence-corrected chi connectivity index (χ3v) is 5.48. The van der Waals surface area contributed by atoms with Crippen LogP contribution in [0.1, 0.15) is 56.9 Å². The van der Waals surface area contributed by atoms with Crippen molar-refractivity contribution >= 4 is 0 Å². The summed E-state index contributed by atoms with van der Waals surface area (Å²) in [6.07, 6.45) is 2.05. The van der Waals surface area contributed by atoms with Crippen LogP contribution in [-0.4, -0.2) is 6.36 Å². The predicted octanol–water partition coefficient (Wildman–Crippen LogP) is 7.60. The normalized spacial score (nSPS) is 20.2. The molecular weight excluding hydrogens is 375 g/mol. The van der Waals surface area contributed by atoms with Crippen LogP contribution in [0.2, 0.25) is 0 Å². The molecule has 0 amide bonds. The minimum absolute atomic E-state index is 0.169. The Labute approximate surface area is 161 Å². The highest BCUT2D eigenvalue weighted by molar-refractivity contribution is 5.65. The molecule has 6 heteroatoms. The van der Waals surface area contributed by atoms with E-state index in [0.717, 1.165) is 30.9 Å². The minimum atomic E-state index is -5.15. The highest BCUT2D eigenvalue weighted by Gasteiger charge is 2.34. The minimum Gasteiger partial charge on any atom is -0.399 e. The molecule has 0 radical (unpaired) electrons. The fourth-order valence-electron chi connectivity index (χ4n) is 4.08. The zero-order valence-electron chi connectivity index (χ0n) is 15.7. The smallest absolute Gasteiger partial charge is 0.399 e. The van der Waals surface area contributed by atoms with E-state index >= 15 is 0 Å². The Morgan fingerprint density at radius 3 is 1.96 bits per heavy atom. The topological polar surface area (TPSA) is 9.23 Å². The molecule has 0 saturated heterocycles. The lowest BCUT2D eigenvalue weighted by Gasteiger charge is -2.28. The van der Waals surface area contributed by atoms with Gasteiger partial charge in [-0.05, 0) is 66.3 Å². The summed E-state index contributed by atoms with van der Waals surface area (Å²) in [6.45, 7) is 2.21. The molecule has 3 rings (SSSR count). The van der Waals surface area contributed by atoms with E-state index in [4.69, 9.17) is 0 Å². The molecular formula is C22H23F5O. The van der Waals surface area contributed by atoms with E-state index in [1.807, 2.05) is 12.1 Å². The lowest BCUT2D eigenvalue weighted by Crippen LogP contribution is -2.19. The van der Waals surface area contributed by atoms with Crippen molar-refractivity contribution in [1.82, 2.24) is 0 Å². The van der Waals surface area contributed by atoms with Gasteiger partial charge in [0, 0.05) is 0 Å². The maximum atomic E-state index is 13.9. The first-order chi connectivity index (χ1) is 13.3. The van der Waals surface area contributed by atoms with Crippen LogP contribution in [0.25, 0.3) is 11.1 Å². The van der Waals surface area contributed by atoms with Gasteiger partial charge in [-0.2, -0.15) is 0 Å². The first-order valence-electron chi connectivity index (χ1n) is 9.62. The first-order valence-corrected chi connectivity index (χ1v) is 9.62. The molecule has 1 nitrogen and oxygen atoms in total. The number of hydrogen-bond donors (Lipinski definition) is 0. The molecule has 0 bridgehead atoms. The van der Waals surface area contributed by atoms with E-state index < -0.39 is 23.7 Å². The van der Waals surface area contributed by atoms with Crippen molar-refractivity contribution in [3.05, 3.63) is 53.6 Å². The van der Waals surface area contributed by atoms with Crippen LogP contribution < -0.4 is 4.74 Å². The molecule has 0 atom stereocenters. The van der Waals surface area contributed by atoms with Crippen molar-refractivity contribution in [3.63, 3.8) is 0 Å². The second-order valence-electron chi connectivity index (χ2n) is 7.45. The molecule has 0 N–H and O–H groups in total. The Kier molecular flexibility index (Phi) is 6.26. The Morgan fingerprint density at radius 2 is 1.46 bits per heavy atom. The number of alkyl halides is 3. The zero-order valence-corrected chi connectivity index (χ0v) is 15.7. The molecule has 1 fully saturated rings. The fourth-order valence-corrected chi connectivity index (χ4v) is 4.08. The van der Waals surface area contributed by atoms with Gasteiger partial charge in [0.1, 0.15) is 0 Å². The fraction of sp³-hybridized carbons (Fsp3) is 0.455. The summed E-state index contributed by atoms with van der Waals surface area (Å²) in [5.41, 5.74) is 1.90. The van der Waals surface area contributed by atoms with Crippen LogP contribution in [0, 0.1) is 17.6 Å². The lowest BCUT2D eigenvalue weighted by molar-refractivity contribution is -0.276. The first kappa shape index (κ1) is 20.6. The molecule has 0 heterocycles. The number of benzene rings is 2. The van der Waals surface area contributed by atoms with E-state index in [2.05, 4.69) is 11.7 Å². The molecule has 28 heavy (non-hydrogen) atoms. The molecule has 2 aromatic carbocycles. The Morgan fingerprint density at radius 1 is 0.893 bits per heavy atom. The molecule has 1 aliphatic rings. The van der Waals surface area contributed by atoms with Crippen molar-refractivity contribution in [1.29, 1.82) is 0 Å². The quantitative estimate of drug-likeness (QED) is 0.471. The summed E-state index contributed by atoms with van der Waals surface area (Å²) < 4.78 is 68.1. The number of ether oxygens (including phenoxy) is 1. The summed E-state index contributed by atoms with van der Waals surface area (Å²) in [4.78, 5) is 0. The lowest BCUT2D eigenvalue weighted by atomic mass is 9.77. The average molecular weight is 398 g/mol. The van der Waals surface area contributed by atoms with Gasteiger partial charge in [-0.1, -0.05) is 44.0 Å². The monoisotopic (exact) mass is 398 g/mol. The summed E-state index contributed by atoms with van der Waals surface area (Å²) in [7, 11) is 0. The van der Waals surface area contributed by atoms with Crippen LogP contribution in [0.4, 0.5) is 22.0 Å². The van der Waals surface area contributed by atoms with Crippen LogP contribution in [-0.2, 0) is 0 Å². The SMILES string of the molecule is CCCC1CCC(c2ccc(-c3cc(F)c(OC(F)(F)F)c(F)c3)cc2)CC1. The van der Waals surface area contributed by atoms with Gasteiger partial charge in [-0.25, -0.2) is 8.78 Å². The van der Waals surface area contributed by atoms with E-state index in [9.17, 15) is 22.0 Å². The maximum Gasteiger partial charge on any atom is 0.573 e. The van der Waals surface area contributed by atoms with E-state index in [0.29, 0.717) is 11.5 Å². The highest BCUT2D eigenvalue weighted by atomic mass is 19.4. The second-order valence-corrected chi connectivity index (χ2v) is 7.45. The van der Waals surface area contributed by atoms with Gasteiger partial charge in [0.15, 0.2) is 11.6 Å². The Bertz CT molecular complexity index is 767. The largest absolute Gasteiger partial charge is 0.573 e. The van der Waals surface area contributed by atoms with Crippen molar-refractivity contribution < 1.29 is 26.7 Å². The van der Waals surface area contributed by atoms with Crippen LogP contribution in [0.5, 0.6) is 5.75 Å². The van der Waals surface area contributed by atoms with Crippen LogP contribution >= 0.6 is 0 Å². The summed E-state index contributed by atoms with van der Waals surface area (Å²) >= 11 is 0. The maximum absolute atomic E-state index is 13.9. The van der Waals surface area contributed by atoms with Gasteiger partial charge in [0.05, 0.1) is 0 Å². The zero-order chi connectivity index (χ0) is 20.3. The molecule has 0 spiro atoms. The average Bonchev–Trinajstić information content (AvgIpc) is 2.65. The van der Waals surface area contributed by atoms with Crippen LogP contribution in [0.15, 0.2) is 36.4 Å². The van der Waals surface area contributed by atoms with Crippen molar-refractivity contribution in [2.24, 2.45) is 5.92 Å². The van der Waals surface area contributed by atoms with Gasteiger partial charge in [-0.15, -0.1) is 13.2 Å². The van der Waals surface area contributed by atoms with E-state index in [1.165, 1.54) is 31.2 Å². The molecule has 1 saturated carbocycles. The number of rotatable bonds is 5. The highest BCUT2D eigenvalue weighted by Crippen LogP contribution is 2.38. The van der Waals surface area contributed by atoms with Crippen molar-refractivity contribution in [2.75, 3.05) is 0 Å². The third kappa shape index (κ3) is 5.03. The Hall–Kier alpha value is -2.11. The summed E-state index contributed by atoms with van der Waals surface area (Å²) in [5, 5.41) is 0. The van der Waals surface area contributed by atoms with Gasteiger partial charge in [-0.3, -0.25) is 0 Å². The van der Waals surface area contributed by atoms with Gasteiger partial charge in [0.2, 0.25) is 5.75 Å². The number of hydrogen-bond acceptors (Lipinski definition) is 1. The summed E-state index contributed by atoms with van der Waals surface area (Å²) in [6, 6.07) is 9.11.